The number of Topliss-reactive ketones (excluding diaryl/α,β-unsaturated/α-hetero) is 1. The summed E-state index contributed by atoms with van der Waals surface area (Å²) in [4.78, 5) is 12.1. The van der Waals surface area contributed by atoms with Crippen LogP contribution in [0.3, 0.4) is 0 Å². The number of carbonyl (C=O) groups excluding carboxylic acids is 1. The summed E-state index contributed by atoms with van der Waals surface area (Å²) in [5.74, 6) is -1.02. The Morgan fingerprint density at radius 2 is 1.72 bits per heavy atom. The topological polar surface area (TPSA) is 74.5 Å². The molecule has 0 aliphatic heterocycles. The van der Waals surface area contributed by atoms with Gasteiger partial charge in [-0.25, -0.2) is 0 Å². The average Bonchev–Trinajstić information content (AvgIpc) is 2.56. The number of carbonyl (C=O) groups is 1. The van der Waals surface area contributed by atoms with E-state index in [0.29, 0.717) is 5.02 Å². The number of hydrazone groups is 1. The summed E-state index contributed by atoms with van der Waals surface area (Å²) >= 11 is 5.72. The molecule has 0 atom stereocenters. The molecule has 0 saturated heterocycles. The van der Waals surface area contributed by atoms with E-state index >= 15 is 0 Å². The zero-order valence-corrected chi connectivity index (χ0v) is 13.1. The van der Waals surface area contributed by atoms with Crippen molar-refractivity contribution in [1.29, 1.82) is 5.26 Å². The van der Waals surface area contributed by atoms with E-state index in [1.54, 1.807) is 6.07 Å². The molecule has 0 aliphatic carbocycles. The molecule has 0 fully saturated rings. The highest BCUT2D eigenvalue weighted by Gasteiger charge is 2.30. The Morgan fingerprint density at radius 3 is 2.24 bits per heavy atom. The summed E-state index contributed by atoms with van der Waals surface area (Å²) in [5, 5.41) is 13.2. The summed E-state index contributed by atoms with van der Waals surface area (Å²) < 4.78 is 40.0. The molecular weight excluding hydrogens is 359 g/mol. The molecule has 128 valence electrons. The molecule has 0 bridgehead atoms. The van der Waals surface area contributed by atoms with Crippen LogP contribution in [0.4, 0.5) is 18.9 Å². The molecule has 0 amide bonds. The predicted molar refractivity (Wildman–Crippen MR) is 85.6 cm³/mol. The summed E-state index contributed by atoms with van der Waals surface area (Å²) in [6.45, 7) is 0. The number of alkyl halides is 3. The van der Waals surface area contributed by atoms with Gasteiger partial charge in [0.2, 0.25) is 11.5 Å². The molecule has 5 nitrogen and oxygen atoms in total. The van der Waals surface area contributed by atoms with Gasteiger partial charge in [-0.1, -0.05) is 11.6 Å². The zero-order chi connectivity index (χ0) is 18.4. The lowest BCUT2D eigenvalue weighted by Gasteiger charge is -2.09. The van der Waals surface area contributed by atoms with Crippen LogP contribution in [0.15, 0.2) is 53.6 Å². The molecule has 0 aromatic heterocycles. The molecule has 0 spiro atoms. The molecule has 0 heterocycles. The summed E-state index contributed by atoms with van der Waals surface area (Å²) in [7, 11) is 0. The Balaban J connectivity index is 2.09. The monoisotopic (exact) mass is 367 g/mol. The molecular formula is C16H9ClF3N3O2. The Morgan fingerprint density at radius 1 is 1.12 bits per heavy atom. The van der Waals surface area contributed by atoms with Crippen LogP contribution >= 0.6 is 11.6 Å². The quantitative estimate of drug-likeness (QED) is 0.482. The van der Waals surface area contributed by atoms with Crippen LogP contribution in [0.25, 0.3) is 0 Å². The number of nitrogens with one attached hydrogen (secondary N) is 1. The number of hydrogen-bond acceptors (Lipinski definition) is 5. The van der Waals surface area contributed by atoms with Crippen molar-refractivity contribution in [3.05, 3.63) is 59.1 Å². The van der Waals surface area contributed by atoms with E-state index < -0.39 is 23.6 Å². The van der Waals surface area contributed by atoms with Gasteiger partial charge in [0.15, 0.2) is 0 Å². The van der Waals surface area contributed by atoms with Crippen molar-refractivity contribution < 1.29 is 22.7 Å². The molecule has 0 saturated carbocycles. The van der Waals surface area contributed by atoms with Gasteiger partial charge in [-0.15, -0.1) is 13.2 Å². The number of nitrogens with zero attached hydrogens (tertiary/aromatic N) is 2. The fraction of sp³-hybridized carbons (Fsp3) is 0.0625. The molecule has 2 rings (SSSR count). The molecule has 1 N–H and O–H groups in total. The minimum absolute atomic E-state index is 0.223. The highest BCUT2D eigenvalue weighted by Crippen LogP contribution is 2.24. The summed E-state index contributed by atoms with van der Waals surface area (Å²) in [5.41, 5.74) is 2.50. The van der Waals surface area contributed by atoms with Crippen molar-refractivity contribution >= 4 is 28.8 Å². The second-order valence-electron chi connectivity index (χ2n) is 4.59. The van der Waals surface area contributed by atoms with E-state index in [2.05, 4.69) is 15.3 Å². The molecule has 0 unspecified atom stereocenters. The van der Waals surface area contributed by atoms with Crippen LogP contribution in [0.1, 0.15) is 10.4 Å². The lowest BCUT2D eigenvalue weighted by atomic mass is 10.1. The summed E-state index contributed by atoms with van der Waals surface area (Å²) in [6.07, 6.45) is -4.79. The number of ether oxygens (including phenoxy) is 1. The SMILES string of the molecule is N#CC(=NNc1ccc(OC(F)(F)F)cc1)C(=O)c1ccc(Cl)cc1. The first-order chi connectivity index (χ1) is 11.8. The van der Waals surface area contributed by atoms with E-state index in [0.717, 1.165) is 12.1 Å². The largest absolute Gasteiger partial charge is 0.573 e. The van der Waals surface area contributed by atoms with Crippen LogP contribution in [0.2, 0.25) is 5.02 Å². The first kappa shape index (κ1) is 18.3. The highest BCUT2D eigenvalue weighted by atomic mass is 35.5. The van der Waals surface area contributed by atoms with Crippen molar-refractivity contribution in [2.24, 2.45) is 5.10 Å². The van der Waals surface area contributed by atoms with Crippen LogP contribution in [0, 0.1) is 11.3 Å². The molecule has 9 heteroatoms. The lowest BCUT2D eigenvalue weighted by Crippen LogP contribution is -2.17. The van der Waals surface area contributed by atoms with Gasteiger partial charge in [0.05, 0.1) is 5.69 Å². The number of halogens is 4. The third-order valence-corrected chi connectivity index (χ3v) is 3.06. The molecule has 0 aliphatic rings. The lowest BCUT2D eigenvalue weighted by molar-refractivity contribution is -0.274. The normalized spacial score (nSPS) is 11.6. The van der Waals surface area contributed by atoms with Crippen LogP contribution < -0.4 is 10.2 Å². The second-order valence-corrected chi connectivity index (χ2v) is 5.03. The van der Waals surface area contributed by atoms with Crippen molar-refractivity contribution in [1.82, 2.24) is 0 Å². The number of rotatable bonds is 5. The second kappa shape index (κ2) is 7.68. The third kappa shape index (κ3) is 5.51. The minimum atomic E-state index is -4.79. The number of anilines is 1. The molecule has 2 aromatic carbocycles. The van der Waals surface area contributed by atoms with Gasteiger partial charge in [-0.2, -0.15) is 10.4 Å². The van der Waals surface area contributed by atoms with Crippen molar-refractivity contribution in [3.63, 3.8) is 0 Å². The van der Waals surface area contributed by atoms with Crippen LogP contribution in [0.5, 0.6) is 5.75 Å². The zero-order valence-electron chi connectivity index (χ0n) is 12.3. The van der Waals surface area contributed by atoms with Crippen molar-refractivity contribution in [2.75, 3.05) is 5.43 Å². The van der Waals surface area contributed by atoms with Gasteiger partial charge in [0.25, 0.3) is 0 Å². The van der Waals surface area contributed by atoms with Gasteiger partial charge in [-0.3, -0.25) is 10.2 Å². The van der Waals surface area contributed by atoms with Gasteiger partial charge in [0, 0.05) is 10.6 Å². The molecule has 0 radical (unpaired) electrons. The van der Waals surface area contributed by atoms with Crippen LogP contribution in [-0.2, 0) is 0 Å². The summed E-state index contributed by atoms with van der Waals surface area (Å²) in [6, 6.07) is 12.2. The fourth-order valence-corrected chi connectivity index (χ4v) is 1.84. The van der Waals surface area contributed by atoms with Gasteiger partial charge in [0.1, 0.15) is 11.8 Å². The van der Waals surface area contributed by atoms with Gasteiger partial charge < -0.3 is 4.74 Å². The number of nitriles is 1. The number of hydrogen-bond donors (Lipinski definition) is 1. The maximum atomic E-state index is 12.1. The number of ketones is 1. The molecule has 25 heavy (non-hydrogen) atoms. The van der Waals surface area contributed by atoms with E-state index in [4.69, 9.17) is 16.9 Å². The first-order valence-corrected chi connectivity index (χ1v) is 7.06. The Hall–Kier alpha value is -3.05. The average molecular weight is 368 g/mol. The standard InChI is InChI=1S/C16H9ClF3N3O2/c17-11-3-1-10(2-4-11)15(24)14(9-21)23-22-12-5-7-13(8-6-12)25-16(18,19)20/h1-8,22H. The van der Waals surface area contributed by atoms with E-state index in [1.165, 1.54) is 36.4 Å². The van der Waals surface area contributed by atoms with Crippen molar-refractivity contribution in [3.8, 4) is 11.8 Å². The smallest absolute Gasteiger partial charge is 0.406 e. The van der Waals surface area contributed by atoms with E-state index in [1.807, 2.05) is 0 Å². The van der Waals surface area contributed by atoms with Crippen molar-refractivity contribution in [2.45, 2.75) is 6.36 Å². The number of benzene rings is 2. The first-order valence-electron chi connectivity index (χ1n) is 6.68. The van der Waals surface area contributed by atoms with E-state index in [-0.39, 0.29) is 11.3 Å². The Bertz CT molecular complexity index is 826. The molecule has 2 aromatic rings. The van der Waals surface area contributed by atoms with Crippen LogP contribution in [-0.4, -0.2) is 17.9 Å². The predicted octanol–water partition coefficient (Wildman–Crippen LogP) is 4.41. The minimum Gasteiger partial charge on any atom is -0.406 e. The maximum absolute atomic E-state index is 12.1. The maximum Gasteiger partial charge on any atom is 0.573 e. The Labute approximate surface area is 145 Å². The van der Waals surface area contributed by atoms with E-state index in [9.17, 15) is 18.0 Å². The highest BCUT2D eigenvalue weighted by molar-refractivity contribution is 6.51. The fourth-order valence-electron chi connectivity index (χ4n) is 1.72. The third-order valence-electron chi connectivity index (χ3n) is 2.81. The van der Waals surface area contributed by atoms with Gasteiger partial charge in [-0.05, 0) is 48.5 Å². The van der Waals surface area contributed by atoms with Gasteiger partial charge >= 0.3 is 6.36 Å². The Kier molecular flexibility index (Phi) is 5.62.